The number of likely N-dealkylation sites (tertiary alicyclic amines) is 1. The largest absolute Gasteiger partial charge is 0.496 e. The van der Waals surface area contributed by atoms with E-state index >= 15 is 0 Å². The third-order valence-corrected chi connectivity index (χ3v) is 9.05. The lowest BCUT2D eigenvalue weighted by molar-refractivity contribution is -0.0199. The molecule has 3 N–H and O–H groups in total. The van der Waals surface area contributed by atoms with Crippen LogP contribution in [0.2, 0.25) is 0 Å². The first-order valence-corrected chi connectivity index (χ1v) is 14.8. The molecule has 2 aromatic carbocycles. The number of fused-ring (bicyclic) bond motifs is 5. The summed E-state index contributed by atoms with van der Waals surface area (Å²) in [5, 5.41) is 10.7. The summed E-state index contributed by atoms with van der Waals surface area (Å²) in [6.45, 7) is 3.98. The highest BCUT2D eigenvalue weighted by Gasteiger charge is 2.34. The van der Waals surface area contributed by atoms with Gasteiger partial charge in [0.15, 0.2) is 0 Å². The molecule has 0 aliphatic carbocycles. The van der Waals surface area contributed by atoms with E-state index in [9.17, 15) is 18.3 Å². The van der Waals surface area contributed by atoms with Gasteiger partial charge >= 0.3 is 5.97 Å². The van der Waals surface area contributed by atoms with Crippen LogP contribution in [0.1, 0.15) is 65.2 Å². The number of rotatable bonds is 4. The third kappa shape index (κ3) is 5.52. The number of methoxy groups -OCH3 is 1. The molecule has 3 heterocycles. The Bertz CT molecular complexity index is 1430. The van der Waals surface area contributed by atoms with Crippen molar-refractivity contribution >= 4 is 32.6 Å². The molecule has 1 saturated heterocycles. The van der Waals surface area contributed by atoms with Crippen LogP contribution in [-0.4, -0.2) is 61.5 Å². The highest BCUT2D eigenvalue weighted by molar-refractivity contribution is 7.92. The van der Waals surface area contributed by atoms with Gasteiger partial charge in [-0.1, -0.05) is 12.5 Å². The van der Waals surface area contributed by atoms with E-state index in [1.165, 1.54) is 6.07 Å². The number of hydrogen-bond donors (Lipinski definition) is 3. The summed E-state index contributed by atoms with van der Waals surface area (Å²) >= 11 is 0. The average molecular weight is 542 g/mol. The van der Waals surface area contributed by atoms with Crippen LogP contribution >= 0.6 is 0 Å². The molecule has 2 bridgehead atoms. The second kappa shape index (κ2) is 11.0. The van der Waals surface area contributed by atoms with E-state index < -0.39 is 16.0 Å². The monoisotopic (exact) mass is 541 g/mol. The van der Waals surface area contributed by atoms with Crippen molar-refractivity contribution in [3.05, 3.63) is 58.8 Å². The topological polar surface area (TPSA) is 121 Å². The Kier molecular flexibility index (Phi) is 7.65. The highest BCUT2D eigenvalue weighted by atomic mass is 32.2. The fourth-order valence-corrected chi connectivity index (χ4v) is 6.94. The number of anilines is 1. The van der Waals surface area contributed by atoms with Gasteiger partial charge in [0.25, 0.3) is 0 Å². The van der Waals surface area contributed by atoms with Crippen molar-refractivity contribution in [3.8, 4) is 5.75 Å². The summed E-state index contributed by atoms with van der Waals surface area (Å²) in [7, 11) is -1.97. The molecule has 2 aliphatic heterocycles. The molecule has 9 nitrogen and oxygen atoms in total. The summed E-state index contributed by atoms with van der Waals surface area (Å²) < 4.78 is 40.7. The lowest BCUT2D eigenvalue weighted by atomic mass is 9.90. The van der Waals surface area contributed by atoms with E-state index in [1.54, 1.807) is 19.2 Å². The minimum absolute atomic E-state index is 0.0203. The van der Waals surface area contributed by atoms with Crippen LogP contribution in [0.3, 0.4) is 0 Å². The van der Waals surface area contributed by atoms with E-state index in [-0.39, 0.29) is 23.5 Å². The third-order valence-electron chi connectivity index (χ3n) is 7.69. The molecule has 204 valence electrons. The van der Waals surface area contributed by atoms with Gasteiger partial charge in [0, 0.05) is 48.4 Å². The second-order valence-corrected chi connectivity index (χ2v) is 12.1. The molecule has 5 rings (SSSR count). The maximum absolute atomic E-state index is 13.0. The van der Waals surface area contributed by atoms with E-state index in [4.69, 9.17) is 9.47 Å². The molecule has 0 saturated carbocycles. The number of sulfonamides is 1. The molecule has 0 unspecified atom stereocenters. The number of aromatic amines is 1. The first-order valence-electron chi connectivity index (χ1n) is 13.1. The van der Waals surface area contributed by atoms with Crippen molar-refractivity contribution < 1.29 is 27.8 Å². The Morgan fingerprint density at radius 1 is 1.21 bits per heavy atom. The number of hydrogen-bond acceptors (Lipinski definition) is 6. The van der Waals surface area contributed by atoms with Crippen molar-refractivity contribution in [2.24, 2.45) is 0 Å². The molecule has 1 fully saturated rings. The number of aromatic carboxylic acids is 1. The van der Waals surface area contributed by atoms with Crippen LogP contribution < -0.4 is 9.46 Å². The molecule has 2 aliphatic rings. The van der Waals surface area contributed by atoms with Gasteiger partial charge in [-0.2, -0.15) is 0 Å². The number of carbonyl (C=O) groups is 1. The van der Waals surface area contributed by atoms with Gasteiger partial charge in [-0.05, 0) is 68.0 Å². The quantitative estimate of drug-likeness (QED) is 0.433. The Balaban J connectivity index is 1.59. The van der Waals surface area contributed by atoms with Crippen LogP contribution in [0.4, 0.5) is 5.69 Å². The number of H-pyrrole nitrogens is 1. The number of nitrogens with one attached hydrogen (secondary N) is 2. The number of piperidine rings is 1. The average Bonchev–Trinajstić information content (AvgIpc) is 3.38. The summed E-state index contributed by atoms with van der Waals surface area (Å²) in [5.74, 6) is -0.316. The van der Waals surface area contributed by atoms with Gasteiger partial charge in [0.1, 0.15) is 5.75 Å². The lowest BCUT2D eigenvalue weighted by Crippen LogP contribution is -2.40. The Hall–Kier alpha value is -3.08. The van der Waals surface area contributed by atoms with Crippen molar-refractivity contribution in [3.63, 3.8) is 0 Å². The Labute approximate surface area is 223 Å². The molecule has 38 heavy (non-hydrogen) atoms. The Morgan fingerprint density at radius 3 is 2.84 bits per heavy atom. The van der Waals surface area contributed by atoms with Gasteiger partial charge in [0.2, 0.25) is 10.0 Å². The molecule has 1 aromatic heterocycles. The van der Waals surface area contributed by atoms with Crippen molar-refractivity contribution in [2.75, 3.05) is 30.7 Å². The van der Waals surface area contributed by atoms with Crippen molar-refractivity contribution in [2.45, 2.75) is 57.7 Å². The number of nitrogens with zero attached hydrogens (tertiary/aromatic N) is 1. The molecular weight excluding hydrogens is 506 g/mol. The minimum atomic E-state index is -3.64. The predicted molar refractivity (Wildman–Crippen MR) is 146 cm³/mol. The zero-order valence-corrected chi connectivity index (χ0v) is 22.6. The van der Waals surface area contributed by atoms with E-state index in [2.05, 4.69) is 20.7 Å². The highest BCUT2D eigenvalue weighted by Crippen LogP contribution is 2.40. The van der Waals surface area contributed by atoms with Gasteiger partial charge in [-0.15, -0.1) is 0 Å². The number of carboxylic acids is 1. The maximum Gasteiger partial charge on any atom is 0.335 e. The fourth-order valence-electron chi connectivity index (χ4n) is 5.74. The van der Waals surface area contributed by atoms with Crippen LogP contribution in [0.15, 0.2) is 36.5 Å². The Morgan fingerprint density at radius 2 is 2.05 bits per heavy atom. The van der Waals surface area contributed by atoms with E-state index in [0.29, 0.717) is 31.7 Å². The standard InChI is InChI=1S/C28H35N3O6S/c1-18-14-26(36-2)23(21-8-10-29-27(18)21)17-31-11-9-20-16-25(31)22-7-6-19(28(32)33)15-24(22)30-38(34,35)13-5-3-4-12-37-20/h6-8,10,14-15,20,25,29-30H,3-5,9,11-13,16-17H2,1-2H3,(H,32,33)/t20-,25-/m0/s1. The van der Waals surface area contributed by atoms with E-state index in [0.717, 1.165) is 59.2 Å². The van der Waals surface area contributed by atoms with Crippen molar-refractivity contribution in [1.82, 2.24) is 9.88 Å². The van der Waals surface area contributed by atoms with Crippen LogP contribution in [0, 0.1) is 6.92 Å². The van der Waals surface area contributed by atoms with E-state index in [1.807, 2.05) is 19.2 Å². The number of benzene rings is 2. The number of aryl methyl sites for hydroxylation is 1. The van der Waals surface area contributed by atoms with Gasteiger partial charge in [-0.25, -0.2) is 13.2 Å². The molecule has 2 atom stereocenters. The molecule has 0 radical (unpaired) electrons. The zero-order chi connectivity index (χ0) is 26.9. The predicted octanol–water partition coefficient (Wildman–Crippen LogP) is 4.83. The fraction of sp³-hybridized carbons (Fsp3) is 0.464. The molecule has 3 aromatic rings. The van der Waals surface area contributed by atoms with Gasteiger partial charge < -0.3 is 19.6 Å². The molecule has 0 amide bonds. The SMILES string of the molecule is COc1cc(C)c2[nH]ccc2c1CN1CC[C@H]2C[C@H]1c1ccc(C(=O)O)cc1NS(=O)(=O)CCCCCO2. The molecule has 10 heteroatoms. The first-order chi connectivity index (χ1) is 18.3. The van der Waals surface area contributed by atoms with Crippen LogP contribution in [-0.2, 0) is 21.3 Å². The lowest BCUT2D eigenvalue weighted by Gasteiger charge is -2.40. The summed E-state index contributed by atoms with van der Waals surface area (Å²) in [6.07, 6.45) is 5.58. The van der Waals surface area contributed by atoms with Gasteiger partial charge in [-0.3, -0.25) is 9.62 Å². The minimum Gasteiger partial charge on any atom is -0.496 e. The smallest absolute Gasteiger partial charge is 0.335 e. The zero-order valence-electron chi connectivity index (χ0n) is 21.8. The summed E-state index contributed by atoms with van der Waals surface area (Å²) in [5.41, 5.74) is 4.33. The summed E-state index contributed by atoms with van der Waals surface area (Å²) in [6, 6.07) is 8.65. The number of aromatic nitrogens is 1. The normalized spacial score (nSPS) is 22.4. The van der Waals surface area contributed by atoms with Crippen LogP contribution in [0.25, 0.3) is 10.9 Å². The number of carboxylic acid groups (broad SMARTS) is 1. The molecule has 0 spiro atoms. The second-order valence-electron chi connectivity index (χ2n) is 10.2. The molecular formula is C28H35N3O6S. The van der Waals surface area contributed by atoms with Crippen molar-refractivity contribution in [1.29, 1.82) is 0 Å². The maximum atomic E-state index is 13.0. The number of ether oxygens (including phenoxy) is 2. The summed E-state index contributed by atoms with van der Waals surface area (Å²) in [4.78, 5) is 17.4. The first kappa shape index (κ1) is 26.5. The van der Waals surface area contributed by atoms with Crippen LogP contribution in [0.5, 0.6) is 5.75 Å². The van der Waals surface area contributed by atoms with Gasteiger partial charge in [0.05, 0.1) is 30.2 Å².